The number of hydrogen-bond acceptors (Lipinski definition) is 4. The molecule has 0 saturated carbocycles. The van der Waals surface area contributed by atoms with Gasteiger partial charge in [-0.25, -0.2) is 0 Å². The summed E-state index contributed by atoms with van der Waals surface area (Å²) in [4.78, 5) is 0. The van der Waals surface area contributed by atoms with Crippen molar-refractivity contribution < 1.29 is 0 Å². The Balaban J connectivity index is 2.42. The maximum absolute atomic E-state index is 4.02. The summed E-state index contributed by atoms with van der Waals surface area (Å²) in [5.74, 6) is 0. The van der Waals surface area contributed by atoms with E-state index in [1.54, 1.807) is 0 Å². The molecule has 68 valence electrons. The molecule has 0 fully saturated rings. The van der Waals surface area contributed by atoms with Crippen LogP contribution < -0.4 is 10.6 Å². The zero-order valence-corrected chi connectivity index (χ0v) is 8.44. The van der Waals surface area contributed by atoms with Crippen LogP contribution in [0, 0.1) is 0 Å². The maximum atomic E-state index is 4.02. The smallest absolute Gasteiger partial charge is 0.167 e. The van der Waals surface area contributed by atoms with Crippen LogP contribution in [0.15, 0.2) is 12.4 Å². The van der Waals surface area contributed by atoms with Crippen molar-refractivity contribution in [1.82, 2.24) is 30.8 Å². The lowest BCUT2D eigenvalue weighted by molar-refractivity contribution is 0.942. The normalized spacial score (nSPS) is 11.8. The van der Waals surface area contributed by atoms with Gasteiger partial charge in [0.15, 0.2) is 8.07 Å². The first kappa shape index (κ1) is 8.11. The minimum atomic E-state index is -1.76. The van der Waals surface area contributed by atoms with Crippen molar-refractivity contribution in [2.75, 3.05) is 0 Å². The molecule has 0 aliphatic heterocycles. The molecule has 0 aromatic carbocycles. The molecule has 0 saturated heterocycles. The fraction of sp³-hybridized carbons (Fsp3) is 0.333. The van der Waals surface area contributed by atoms with Crippen LogP contribution in [-0.4, -0.2) is 38.9 Å². The summed E-state index contributed by atoms with van der Waals surface area (Å²) in [6, 6.07) is 0. The van der Waals surface area contributed by atoms with E-state index in [-0.39, 0.29) is 0 Å². The van der Waals surface area contributed by atoms with E-state index in [1.807, 2.05) is 12.4 Å². The van der Waals surface area contributed by atoms with E-state index in [9.17, 15) is 0 Å². The third-order valence-electron chi connectivity index (χ3n) is 2.11. The number of nitrogens with zero attached hydrogens (tertiary/aromatic N) is 4. The Morgan fingerprint density at radius 2 is 1.46 bits per heavy atom. The Morgan fingerprint density at radius 3 is 1.77 bits per heavy atom. The van der Waals surface area contributed by atoms with Crippen molar-refractivity contribution in [1.29, 1.82) is 0 Å². The predicted molar refractivity (Wildman–Crippen MR) is 49.5 cm³/mol. The van der Waals surface area contributed by atoms with Crippen molar-refractivity contribution in [3.8, 4) is 0 Å². The number of hydrogen-bond donors (Lipinski definition) is 2. The van der Waals surface area contributed by atoms with E-state index in [0.29, 0.717) is 0 Å². The zero-order valence-electron chi connectivity index (χ0n) is 7.44. The second-order valence-corrected chi connectivity index (χ2v) is 7.62. The second kappa shape index (κ2) is 2.77. The van der Waals surface area contributed by atoms with Gasteiger partial charge >= 0.3 is 0 Å². The minimum Gasteiger partial charge on any atom is -0.266 e. The van der Waals surface area contributed by atoms with Crippen LogP contribution in [-0.2, 0) is 0 Å². The van der Waals surface area contributed by atoms with Crippen molar-refractivity contribution >= 4 is 18.7 Å². The van der Waals surface area contributed by atoms with Crippen molar-refractivity contribution in [2.45, 2.75) is 13.1 Å². The summed E-state index contributed by atoms with van der Waals surface area (Å²) < 4.78 is 0. The summed E-state index contributed by atoms with van der Waals surface area (Å²) in [6.07, 6.45) is 3.64. The topological polar surface area (TPSA) is 83.1 Å². The zero-order chi connectivity index (χ0) is 9.31. The van der Waals surface area contributed by atoms with E-state index in [4.69, 9.17) is 0 Å². The third kappa shape index (κ3) is 1.26. The van der Waals surface area contributed by atoms with Crippen LogP contribution in [0.1, 0.15) is 0 Å². The van der Waals surface area contributed by atoms with Crippen LogP contribution >= 0.6 is 0 Å². The Bertz CT molecular complexity index is 327. The van der Waals surface area contributed by atoms with Crippen molar-refractivity contribution in [2.24, 2.45) is 0 Å². The first-order valence-electron chi connectivity index (χ1n) is 3.95. The molecule has 2 rings (SSSR count). The van der Waals surface area contributed by atoms with Gasteiger partial charge in [0.2, 0.25) is 0 Å². The molecule has 0 amide bonds. The maximum Gasteiger partial charge on any atom is 0.167 e. The van der Waals surface area contributed by atoms with Gasteiger partial charge in [-0.3, -0.25) is 10.2 Å². The number of aromatic amines is 2. The Hall–Kier alpha value is -1.50. The summed E-state index contributed by atoms with van der Waals surface area (Å²) in [6.45, 7) is 4.31. The van der Waals surface area contributed by atoms with Crippen molar-refractivity contribution in [3.63, 3.8) is 0 Å². The van der Waals surface area contributed by atoms with Gasteiger partial charge in [-0.05, 0) is 0 Å². The highest BCUT2D eigenvalue weighted by Gasteiger charge is 2.31. The highest BCUT2D eigenvalue weighted by molar-refractivity contribution is 6.99. The molecule has 0 bridgehead atoms. The van der Waals surface area contributed by atoms with Crippen LogP contribution in [0.3, 0.4) is 0 Å². The Kier molecular flexibility index (Phi) is 1.73. The first-order valence-corrected chi connectivity index (χ1v) is 6.95. The molecule has 0 aliphatic carbocycles. The number of aromatic nitrogens is 6. The molecule has 0 spiro atoms. The molecule has 2 aromatic rings. The molecule has 2 aromatic heterocycles. The van der Waals surface area contributed by atoms with E-state index >= 15 is 0 Å². The average molecular weight is 194 g/mol. The van der Waals surface area contributed by atoms with Crippen LogP contribution in [0.2, 0.25) is 13.1 Å². The summed E-state index contributed by atoms with van der Waals surface area (Å²) >= 11 is 0. The standard InChI is InChI=1S/C6H10N6Si/c1-13(2,5-3-7-11-9-5)6-4-8-12-10-6/h3-4H,1-2H3,(H,7,9,11)(H,8,10,12). The van der Waals surface area contributed by atoms with E-state index < -0.39 is 8.07 Å². The lowest BCUT2D eigenvalue weighted by atomic mass is 10.9. The molecule has 2 N–H and O–H groups in total. The molecular weight excluding hydrogens is 184 g/mol. The quantitative estimate of drug-likeness (QED) is 0.585. The number of H-pyrrole nitrogens is 2. The van der Waals surface area contributed by atoms with Crippen LogP contribution in [0.5, 0.6) is 0 Å². The average Bonchev–Trinajstić information content (AvgIpc) is 2.78. The van der Waals surface area contributed by atoms with Gasteiger partial charge in [0.05, 0.1) is 10.6 Å². The van der Waals surface area contributed by atoms with Gasteiger partial charge in [0.1, 0.15) is 0 Å². The van der Waals surface area contributed by atoms with Gasteiger partial charge in [-0.15, -0.1) is 10.2 Å². The lowest BCUT2D eigenvalue weighted by Crippen LogP contribution is -2.54. The summed E-state index contributed by atoms with van der Waals surface area (Å²) in [5, 5.41) is 22.8. The minimum absolute atomic E-state index is 0.987. The molecular formula is C6H10N6Si. The van der Waals surface area contributed by atoms with Gasteiger partial charge in [-0.2, -0.15) is 0 Å². The van der Waals surface area contributed by atoms with Crippen molar-refractivity contribution in [3.05, 3.63) is 12.4 Å². The van der Waals surface area contributed by atoms with Gasteiger partial charge in [0.25, 0.3) is 0 Å². The Labute approximate surface area is 75.8 Å². The molecule has 0 atom stereocenters. The molecule has 7 heteroatoms. The van der Waals surface area contributed by atoms with E-state index in [0.717, 1.165) is 10.6 Å². The Morgan fingerprint density at radius 1 is 1.00 bits per heavy atom. The highest BCUT2D eigenvalue weighted by atomic mass is 28.3. The van der Waals surface area contributed by atoms with Gasteiger partial charge < -0.3 is 0 Å². The molecule has 0 unspecified atom stereocenters. The fourth-order valence-electron chi connectivity index (χ4n) is 1.15. The fourth-order valence-corrected chi connectivity index (χ4v) is 2.86. The third-order valence-corrected chi connectivity index (χ3v) is 5.16. The number of rotatable bonds is 2. The van der Waals surface area contributed by atoms with E-state index in [2.05, 4.69) is 43.9 Å². The second-order valence-electron chi connectivity index (χ2n) is 3.34. The monoisotopic (exact) mass is 194 g/mol. The largest absolute Gasteiger partial charge is 0.266 e. The number of nitrogens with one attached hydrogen (secondary N) is 2. The lowest BCUT2D eigenvalue weighted by Gasteiger charge is -2.14. The van der Waals surface area contributed by atoms with Gasteiger partial charge in [0, 0.05) is 12.4 Å². The van der Waals surface area contributed by atoms with E-state index in [1.165, 1.54) is 0 Å². The SMILES string of the molecule is C[Si](C)(c1c[nH]nn1)c1c[nH]nn1. The summed E-state index contributed by atoms with van der Waals surface area (Å²) in [7, 11) is -1.76. The van der Waals surface area contributed by atoms with Gasteiger partial charge in [-0.1, -0.05) is 23.5 Å². The molecule has 13 heavy (non-hydrogen) atoms. The van der Waals surface area contributed by atoms with Crippen LogP contribution in [0.4, 0.5) is 0 Å². The predicted octanol–water partition coefficient (Wildman–Crippen LogP) is -1.25. The highest BCUT2D eigenvalue weighted by Crippen LogP contribution is 1.97. The molecule has 2 heterocycles. The first-order chi connectivity index (χ1) is 6.21. The molecule has 0 aliphatic rings. The molecule has 6 nitrogen and oxygen atoms in total. The summed E-state index contributed by atoms with van der Waals surface area (Å²) in [5.41, 5.74) is 0. The molecule has 0 radical (unpaired) electrons. The van der Waals surface area contributed by atoms with Crippen LogP contribution in [0.25, 0.3) is 0 Å².